The molecule has 1 heterocycles. The maximum atomic E-state index is 13.9. The second kappa shape index (κ2) is 4.96. The molecular formula is C14H19FN2O. The van der Waals surface area contributed by atoms with E-state index >= 15 is 0 Å². The Morgan fingerprint density at radius 3 is 2.67 bits per heavy atom. The van der Waals surface area contributed by atoms with Gasteiger partial charge in [0.05, 0.1) is 5.69 Å². The van der Waals surface area contributed by atoms with Gasteiger partial charge in [0.1, 0.15) is 5.82 Å². The summed E-state index contributed by atoms with van der Waals surface area (Å²) in [6.45, 7) is 6.17. The first-order chi connectivity index (χ1) is 8.47. The average molecular weight is 250 g/mol. The molecule has 0 bridgehead atoms. The van der Waals surface area contributed by atoms with Crippen LogP contribution in [0, 0.1) is 11.7 Å². The second-order valence-electron chi connectivity index (χ2n) is 5.21. The zero-order valence-electron chi connectivity index (χ0n) is 11.0. The van der Waals surface area contributed by atoms with Gasteiger partial charge in [-0.2, -0.15) is 0 Å². The van der Waals surface area contributed by atoms with Crippen LogP contribution in [-0.2, 0) is 11.2 Å². The Balaban J connectivity index is 2.26. The summed E-state index contributed by atoms with van der Waals surface area (Å²) in [4.78, 5) is 11.3. The number of halogens is 1. The number of amides is 1. The summed E-state index contributed by atoms with van der Waals surface area (Å²) < 4.78 is 13.9. The Hall–Kier alpha value is -1.58. The summed E-state index contributed by atoms with van der Waals surface area (Å²) in [5.41, 5.74) is 2.05. The molecule has 1 aliphatic rings. The molecule has 3 nitrogen and oxygen atoms in total. The number of rotatable bonds is 3. The highest BCUT2D eigenvalue weighted by Gasteiger charge is 2.18. The minimum Gasteiger partial charge on any atom is -0.380 e. The van der Waals surface area contributed by atoms with Crippen LogP contribution in [0.1, 0.15) is 32.8 Å². The van der Waals surface area contributed by atoms with Gasteiger partial charge in [0.2, 0.25) is 5.91 Å². The molecule has 2 rings (SSSR count). The quantitative estimate of drug-likeness (QED) is 0.865. The van der Waals surface area contributed by atoms with E-state index in [4.69, 9.17) is 0 Å². The van der Waals surface area contributed by atoms with Crippen molar-refractivity contribution >= 4 is 17.3 Å². The molecule has 0 radical (unpaired) electrons. The molecule has 1 aromatic rings. The molecule has 0 fully saturated rings. The van der Waals surface area contributed by atoms with Crippen LogP contribution in [0.25, 0.3) is 0 Å². The van der Waals surface area contributed by atoms with Gasteiger partial charge in [-0.15, -0.1) is 0 Å². The third-order valence-electron chi connectivity index (χ3n) is 3.47. The van der Waals surface area contributed by atoms with E-state index in [1.165, 1.54) is 6.07 Å². The fraction of sp³-hybridized carbons (Fsp3) is 0.500. The van der Waals surface area contributed by atoms with Crippen molar-refractivity contribution in [3.63, 3.8) is 0 Å². The highest BCUT2D eigenvalue weighted by atomic mass is 19.1. The highest BCUT2D eigenvalue weighted by Crippen LogP contribution is 2.29. The van der Waals surface area contributed by atoms with Crippen LogP contribution >= 0.6 is 0 Å². The van der Waals surface area contributed by atoms with E-state index in [0.29, 0.717) is 24.4 Å². The number of benzene rings is 1. The Morgan fingerprint density at radius 2 is 2.00 bits per heavy atom. The number of carbonyl (C=O) groups excluding carboxylic acids is 1. The van der Waals surface area contributed by atoms with Gasteiger partial charge in [-0.25, -0.2) is 4.39 Å². The van der Waals surface area contributed by atoms with Gasteiger partial charge in [-0.1, -0.05) is 13.8 Å². The molecular weight excluding hydrogens is 231 g/mol. The number of aryl methyl sites for hydroxylation is 1. The van der Waals surface area contributed by atoms with Crippen molar-refractivity contribution in [1.29, 1.82) is 0 Å². The van der Waals surface area contributed by atoms with Crippen molar-refractivity contribution in [2.45, 2.75) is 39.7 Å². The third-order valence-corrected chi connectivity index (χ3v) is 3.47. The molecule has 18 heavy (non-hydrogen) atoms. The monoisotopic (exact) mass is 250 g/mol. The largest absolute Gasteiger partial charge is 0.380 e. The molecule has 0 aliphatic carbocycles. The van der Waals surface area contributed by atoms with Gasteiger partial charge in [-0.05, 0) is 37.0 Å². The van der Waals surface area contributed by atoms with Crippen LogP contribution in [-0.4, -0.2) is 11.9 Å². The molecule has 0 aromatic heterocycles. The maximum Gasteiger partial charge on any atom is 0.224 e. The van der Waals surface area contributed by atoms with Crippen LogP contribution in [0.5, 0.6) is 0 Å². The van der Waals surface area contributed by atoms with E-state index in [1.807, 2.05) is 6.92 Å². The maximum absolute atomic E-state index is 13.9. The molecule has 1 atom stereocenters. The lowest BCUT2D eigenvalue weighted by Crippen LogP contribution is -2.23. The van der Waals surface area contributed by atoms with Crippen LogP contribution in [0.3, 0.4) is 0 Å². The molecule has 0 saturated heterocycles. The number of hydrogen-bond donors (Lipinski definition) is 2. The standard InChI is InChI=1S/C14H19FN2O/c1-8(2)9(3)16-13-7-12-10(6-11(13)15)4-5-14(18)17-12/h6-9,16H,4-5H2,1-3H3,(H,17,18). The second-order valence-corrected chi connectivity index (χ2v) is 5.21. The minimum atomic E-state index is -0.252. The summed E-state index contributed by atoms with van der Waals surface area (Å²) in [7, 11) is 0. The van der Waals surface area contributed by atoms with Crippen molar-refractivity contribution < 1.29 is 9.18 Å². The molecule has 1 amide bonds. The molecule has 0 saturated carbocycles. The van der Waals surface area contributed by atoms with Gasteiger partial charge in [0.25, 0.3) is 0 Å². The lowest BCUT2D eigenvalue weighted by Gasteiger charge is -2.22. The Morgan fingerprint density at radius 1 is 1.28 bits per heavy atom. The molecule has 0 spiro atoms. The van der Waals surface area contributed by atoms with E-state index < -0.39 is 0 Å². The van der Waals surface area contributed by atoms with Crippen LogP contribution in [0.4, 0.5) is 15.8 Å². The lowest BCUT2D eigenvalue weighted by molar-refractivity contribution is -0.116. The zero-order valence-corrected chi connectivity index (χ0v) is 11.0. The van der Waals surface area contributed by atoms with E-state index in [9.17, 15) is 9.18 Å². The summed E-state index contributed by atoms with van der Waals surface area (Å²) in [5, 5.41) is 5.93. The predicted molar refractivity (Wildman–Crippen MR) is 71.3 cm³/mol. The van der Waals surface area contributed by atoms with Gasteiger partial charge in [0.15, 0.2) is 0 Å². The van der Waals surface area contributed by atoms with Crippen molar-refractivity contribution in [1.82, 2.24) is 0 Å². The summed E-state index contributed by atoms with van der Waals surface area (Å²) in [5.74, 6) is 0.157. The average Bonchev–Trinajstić information content (AvgIpc) is 2.30. The third kappa shape index (κ3) is 2.63. The van der Waals surface area contributed by atoms with E-state index in [-0.39, 0.29) is 17.8 Å². The zero-order chi connectivity index (χ0) is 13.3. The van der Waals surface area contributed by atoms with Gasteiger partial charge < -0.3 is 10.6 Å². The summed E-state index contributed by atoms with van der Waals surface area (Å²) in [6, 6.07) is 3.39. The number of nitrogens with one attached hydrogen (secondary N) is 2. The SMILES string of the molecule is CC(C)C(C)Nc1cc2c(cc1F)CCC(=O)N2. The number of fused-ring (bicyclic) bond motifs is 1. The number of anilines is 2. The minimum absolute atomic E-state index is 0.00281. The molecule has 1 unspecified atom stereocenters. The van der Waals surface area contributed by atoms with Crippen molar-refractivity contribution in [3.05, 3.63) is 23.5 Å². The lowest BCUT2D eigenvalue weighted by atomic mass is 10.0. The highest BCUT2D eigenvalue weighted by molar-refractivity contribution is 5.94. The fourth-order valence-electron chi connectivity index (χ4n) is 1.92. The van der Waals surface area contributed by atoms with Crippen molar-refractivity contribution in [2.24, 2.45) is 5.92 Å². The summed E-state index contributed by atoms with van der Waals surface area (Å²) in [6.07, 6.45) is 1.04. The first-order valence-corrected chi connectivity index (χ1v) is 6.36. The Kier molecular flexibility index (Phi) is 3.55. The normalized spacial score (nSPS) is 16.2. The predicted octanol–water partition coefficient (Wildman–Crippen LogP) is 3.17. The molecule has 4 heteroatoms. The topological polar surface area (TPSA) is 41.1 Å². The van der Waals surface area contributed by atoms with Crippen LogP contribution in [0.15, 0.2) is 12.1 Å². The van der Waals surface area contributed by atoms with E-state index in [2.05, 4.69) is 24.5 Å². The Bertz CT molecular complexity index is 471. The van der Waals surface area contributed by atoms with Crippen LogP contribution < -0.4 is 10.6 Å². The van der Waals surface area contributed by atoms with Crippen LogP contribution in [0.2, 0.25) is 0 Å². The number of carbonyl (C=O) groups is 1. The van der Waals surface area contributed by atoms with E-state index in [0.717, 1.165) is 11.3 Å². The first-order valence-electron chi connectivity index (χ1n) is 6.36. The fourth-order valence-corrected chi connectivity index (χ4v) is 1.92. The summed E-state index contributed by atoms with van der Waals surface area (Å²) >= 11 is 0. The first kappa shape index (κ1) is 12.9. The van der Waals surface area contributed by atoms with Gasteiger partial charge in [0, 0.05) is 18.2 Å². The number of hydrogen-bond acceptors (Lipinski definition) is 2. The van der Waals surface area contributed by atoms with Crippen molar-refractivity contribution in [3.8, 4) is 0 Å². The molecule has 98 valence electrons. The molecule has 1 aliphatic heterocycles. The van der Waals surface area contributed by atoms with E-state index in [1.54, 1.807) is 6.07 Å². The molecule has 2 N–H and O–H groups in total. The Labute approximate surface area is 107 Å². The molecule has 1 aromatic carbocycles. The van der Waals surface area contributed by atoms with Gasteiger partial charge >= 0.3 is 0 Å². The smallest absolute Gasteiger partial charge is 0.224 e. The van der Waals surface area contributed by atoms with Gasteiger partial charge in [-0.3, -0.25) is 4.79 Å². The van der Waals surface area contributed by atoms with Crippen molar-refractivity contribution in [2.75, 3.05) is 10.6 Å².